The number of aromatic nitrogens is 3. The molecule has 0 spiro atoms. The van der Waals surface area contributed by atoms with Gasteiger partial charge in [0.25, 0.3) is 0 Å². The molecule has 4 nitrogen and oxygen atoms in total. The molecule has 5 rings (SSSR count). The number of hydrogen-bond acceptors (Lipinski definition) is 2. The number of para-hydroxylation sites is 2. The van der Waals surface area contributed by atoms with Gasteiger partial charge >= 0.3 is 6.18 Å². The van der Waals surface area contributed by atoms with Crippen molar-refractivity contribution in [2.75, 3.05) is 18.5 Å². The molecule has 5 aromatic rings. The van der Waals surface area contributed by atoms with E-state index in [9.17, 15) is 13.2 Å². The molecule has 2 aromatic heterocycles. The number of anilines is 1. The van der Waals surface area contributed by atoms with Gasteiger partial charge in [0, 0.05) is 13.6 Å². The SMILES string of the molecule is Cc1cc(C)c(-n2c3ccccc3n3c(N(C)CCCc4ccccc4)c(C(F)(F)F)nc23)c(C)c1. The number of rotatable bonds is 6. The van der Waals surface area contributed by atoms with Crippen molar-refractivity contribution in [2.45, 2.75) is 39.8 Å². The zero-order valence-electron chi connectivity index (χ0n) is 20.9. The summed E-state index contributed by atoms with van der Waals surface area (Å²) in [5.41, 5.74) is 5.78. The molecular formula is C29H29F3N4. The van der Waals surface area contributed by atoms with Gasteiger partial charge in [0.05, 0.1) is 16.7 Å². The molecule has 0 N–H and O–H groups in total. The number of aryl methyl sites for hydroxylation is 4. The van der Waals surface area contributed by atoms with Crippen molar-refractivity contribution in [1.82, 2.24) is 14.0 Å². The number of nitrogens with zero attached hydrogens (tertiary/aromatic N) is 4. The Balaban J connectivity index is 1.70. The quantitative estimate of drug-likeness (QED) is 0.250. The summed E-state index contributed by atoms with van der Waals surface area (Å²) in [6, 6.07) is 21.7. The van der Waals surface area contributed by atoms with Gasteiger partial charge in [-0.15, -0.1) is 0 Å². The summed E-state index contributed by atoms with van der Waals surface area (Å²) < 4.78 is 46.6. The van der Waals surface area contributed by atoms with Crippen LogP contribution in [0, 0.1) is 20.8 Å². The maximum absolute atomic E-state index is 14.3. The summed E-state index contributed by atoms with van der Waals surface area (Å²) in [6.07, 6.45) is -3.07. The minimum atomic E-state index is -4.58. The van der Waals surface area contributed by atoms with Crippen molar-refractivity contribution in [3.05, 3.63) is 94.7 Å². The van der Waals surface area contributed by atoms with E-state index in [0.29, 0.717) is 12.1 Å². The van der Waals surface area contributed by atoms with Crippen molar-refractivity contribution in [2.24, 2.45) is 0 Å². The summed E-state index contributed by atoms with van der Waals surface area (Å²) in [4.78, 5) is 5.94. The lowest BCUT2D eigenvalue weighted by Gasteiger charge is -2.20. The van der Waals surface area contributed by atoms with Crippen LogP contribution in [0.4, 0.5) is 19.0 Å². The van der Waals surface area contributed by atoms with Crippen LogP contribution in [0.15, 0.2) is 66.7 Å². The molecule has 186 valence electrons. The number of imidazole rings is 2. The van der Waals surface area contributed by atoms with Gasteiger partial charge < -0.3 is 4.90 Å². The molecule has 3 aromatic carbocycles. The van der Waals surface area contributed by atoms with Gasteiger partial charge in [-0.3, -0.25) is 8.97 Å². The topological polar surface area (TPSA) is 25.5 Å². The number of benzene rings is 3. The predicted molar refractivity (Wildman–Crippen MR) is 139 cm³/mol. The molecule has 0 aliphatic rings. The fourth-order valence-electron chi connectivity index (χ4n) is 5.28. The number of halogens is 3. The highest BCUT2D eigenvalue weighted by Gasteiger charge is 2.40. The van der Waals surface area contributed by atoms with Crippen molar-refractivity contribution in [1.29, 1.82) is 0 Å². The van der Waals surface area contributed by atoms with Crippen LogP contribution in [0.25, 0.3) is 22.5 Å². The third-order valence-electron chi connectivity index (χ3n) is 6.69. The Morgan fingerprint density at radius 1 is 0.861 bits per heavy atom. The van der Waals surface area contributed by atoms with E-state index in [4.69, 9.17) is 0 Å². The average Bonchev–Trinajstić information content (AvgIpc) is 3.35. The zero-order chi connectivity index (χ0) is 25.6. The second-order valence-corrected chi connectivity index (χ2v) is 9.50. The zero-order valence-corrected chi connectivity index (χ0v) is 20.9. The van der Waals surface area contributed by atoms with E-state index < -0.39 is 11.9 Å². The summed E-state index contributed by atoms with van der Waals surface area (Å²) in [7, 11) is 1.72. The summed E-state index contributed by atoms with van der Waals surface area (Å²) in [5.74, 6) is 0.339. The Kier molecular flexibility index (Phi) is 6.02. The van der Waals surface area contributed by atoms with E-state index >= 15 is 0 Å². The third-order valence-corrected chi connectivity index (χ3v) is 6.69. The summed E-state index contributed by atoms with van der Waals surface area (Å²) in [5, 5.41) is 0. The van der Waals surface area contributed by atoms with E-state index in [1.54, 1.807) is 16.3 Å². The van der Waals surface area contributed by atoms with E-state index in [1.807, 2.05) is 79.9 Å². The Hall–Kier alpha value is -3.74. The Bertz CT molecular complexity index is 1520. The van der Waals surface area contributed by atoms with Crippen LogP contribution >= 0.6 is 0 Å². The Morgan fingerprint density at radius 2 is 1.47 bits per heavy atom. The number of hydrogen-bond donors (Lipinski definition) is 0. The summed E-state index contributed by atoms with van der Waals surface area (Å²) >= 11 is 0. The van der Waals surface area contributed by atoms with Crippen LogP contribution in [0.5, 0.6) is 0 Å². The van der Waals surface area contributed by atoms with Crippen LogP contribution in [0.3, 0.4) is 0 Å². The third kappa shape index (κ3) is 4.12. The monoisotopic (exact) mass is 490 g/mol. The molecule has 0 bridgehead atoms. The lowest BCUT2D eigenvalue weighted by atomic mass is 10.0. The smallest absolute Gasteiger partial charge is 0.359 e. The molecular weight excluding hydrogens is 461 g/mol. The molecule has 0 atom stereocenters. The van der Waals surface area contributed by atoms with E-state index in [2.05, 4.69) is 17.1 Å². The minimum Gasteiger partial charge on any atom is -0.359 e. The first kappa shape index (κ1) is 24.0. The highest BCUT2D eigenvalue weighted by atomic mass is 19.4. The molecule has 36 heavy (non-hydrogen) atoms. The fourth-order valence-corrected chi connectivity index (χ4v) is 5.28. The Morgan fingerprint density at radius 3 is 2.11 bits per heavy atom. The molecule has 0 amide bonds. The van der Waals surface area contributed by atoms with E-state index in [1.165, 1.54) is 5.56 Å². The first-order chi connectivity index (χ1) is 17.2. The molecule has 0 aliphatic carbocycles. The second-order valence-electron chi connectivity index (χ2n) is 9.50. The number of alkyl halides is 3. The van der Waals surface area contributed by atoms with Crippen molar-refractivity contribution >= 4 is 22.6 Å². The van der Waals surface area contributed by atoms with Gasteiger partial charge in [0.1, 0.15) is 5.82 Å². The van der Waals surface area contributed by atoms with Crippen LogP contribution in [-0.4, -0.2) is 27.5 Å². The van der Waals surface area contributed by atoms with Gasteiger partial charge in [-0.1, -0.05) is 60.2 Å². The predicted octanol–water partition coefficient (Wildman–Crippen LogP) is 7.29. The van der Waals surface area contributed by atoms with Gasteiger partial charge in [-0.2, -0.15) is 13.2 Å². The van der Waals surface area contributed by atoms with Crippen LogP contribution in [0.1, 0.15) is 34.4 Å². The lowest BCUT2D eigenvalue weighted by molar-refractivity contribution is -0.140. The molecule has 0 radical (unpaired) electrons. The normalized spacial score (nSPS) is 12.1. The van der Waals surface area contributed by atoms with Crippen molar-refractivity contribution < 1.29 is 13.2 Å². The maximum Gasteiger partial charge on any atom is 0.437 e. The molecule has 0 saturated carbocycles. The maximum atomic E-state index is 14.3. The van der Waals surface area contributed by atoms with Crippen molar-refractivity contribution in [3.63, 3.8) is 0 Å². The molecule has 2 heterocycles. The highest BCUT2D eigenvalue weighted by molar-refractivity contribution is 5.87. The molecule has 0 unspecified atom stereocenters. The summed E-state index contributed by atoms with van der Waals surface area (Å²) in [6.45, 7) is 6.47. The van der Waals surface area contributed by atoms with Crippen LogP contribution in [-0.2, 0) is 12.6 Å². The largest absolute Gasteiger partial charge is 0.437 e. The number of fused-ring (bicyclic) bond motifs is 3. The van der Waals surface area contributed by atoms with E-state index in [0.717, 1.165) is 40.7 Å². The van der Waals surface area contributed by atoms with Crippen LogP contribution < -0.4 is 4.90 Å². The first-order valence-corrected chi connectivity index (χ1v) is 12.1. The van der Waals surface area contributed by atoms with Crippen molar-refractivity contribution in [3.8, 4) is 5.69 Å². The van der Waals surface area contributed by atoms with E-state index in [-0.39, 0.29) is 11.6 Å². The van der Waals surface area contributed by atoms with Crippen LogP contribution in [0.2, 0.25) is 0 Å². The molecule has 0 saturated heterocycles. The van der Waals surface area contributed by atoms with Gasteiger partial charge in [-0.25, -0.2) is 4.98 Å². The average molecular weight is 491 g/mol. The standard InChI is InChI=1S/C29H29F3N4/c1-19-17-20(2)25(21(3)18-19)35-23-14-8-9-15-24(23)36-27(26(29(30,31)32)33-28(35)36)34(4)16-10-13-22-11-6-5-7-12-22/h5-9,11-12,14-15,17-18H,10,13,16H2,1-4H3. The molecule has 0 fully saturated rings. The highest BCUT2D eigenvalue weighted by Crippen LogP contribution is 2.40. The van der Waals surface area contributed by atoms with Gasteiger partial charge in [0.15, 0.2) is 5.69 Å². The first-order valence-electron chi connectivity index (χ1n) is 12.1. The second kappa shape index (κ2) is 9.04. The lowest BCUT2D eigenvalue weighted by Crippen LogP contribution is -2.24. The molecule has 0 aliphatic heterocycles. The van der Waals surface area contributed by atoms with Gasteiger partial charge in [-0.05, 0) is 62.4 Å². The Labute approximate surface area is 208 Å². The molecule has 7 heteroatoms. The fraction of sp³-hybridized carbons (Fsp3) is 0.276. The van der Waals surface area contributed by atoms with Gasteiger partial charge in [0.2, 0.25) is 5.78 Å². The minimum absolute atomic E-state index is 0.0722.